The molecule has 1 nitrogen and oxygen atoms in total. The summed E-state index contributed by atoms with van der Waals surface area (Å²) in [7, 11) is 0. The smallest absolute Gasteiger partial charge is 0.0138 e. The summed E-state index contributed by atoms with van der Waals surface area (Å²) in [5.41, 5.74) is 0. The molecule has 0 saturated heterocycles. The van der Waals surface area contributed by atoms with Gasteiger partial charge in [-0.05, 0) is 12.6 Å². The molecule has 0 atom stereocenters. The summed E-state index contributed by atoms with van der Waals surface area (Å²) >= 11 is 0. The lowest BCUT2D eigenvalue weighted by molar-refractivity contribution is 0.811. The Bertz CT molecular complexity index is 42.1. The van der Waals surface area contributed by atoms with Crippen LogP contribution in [0.4, 0.5) is 0 Å². The van der Waals surface area contributed by atoms with E-state index in [1.165, 1.54) is 12.8 Å². The zero-order chi connectivity index (χ0) is 9.54. The van der Waals surface area contributed by atoms with Crippen molar-refractivity contribution >= 4 is 0 Å². The van der Waals surface area contributed by atoms with Crippen molar-refractivity contribution in [3.63, 3.8) is 0 Å². The van der Waals surface area contributed by atoms with E-state index in [-0.39, 0.29) is 0 Å². The van der Waals surface area contributed by atoms with Crippen LogP contribution in [0.15, 0.2) is 12.8 Å². The van der Waals surface area contributed by atoms with Crippen LogP contribution in [-0.4, -0.2) is 6.54 Å². The number of rotatable bonds is 3. The van der Waals surface area contributed by atoms with Gasteiger partial charge in [-0.3, -0.25) is 0 Å². The second kappa shape index (κ2) is 33.8. The molecule has 0 rings (SSSR count). The van der Waals surface area contributed by atoms with Crippen LogP contribution in [0.3, 0.4) is 0 Å². The zero-order valence-corrected chi connectivity index (χ0v) is 8.91. The molecular formula is C10H25N. The van der Waals surface area contributed by atoms with Crippen molar-refractivity contribution in [3.8, 4) is 0 Å². The first kappa shape index (κ1) is 16.9. The maximum absolute atomic E-state index is 3.49. The molecule has 0 aliphatic rings. The highest BCUT2D eigenvalue weighted by Crippen LogP contribution is 1.65. The van der Waals surface area contributed by atoms with E-state index in [0.29, 0.717) is 0 Å². The second-order valence-corrected chi connectivity index (χ2v) is 1.87. The molecular weight excluding hydrogens is 134 g/mol. The van der Waals surface area contributed by atoms with Crippen molar-refractivity contribution in [2.75, 3.05) is 6.54 Å². The Hall–Kier alpha value is -0.460. The molecule has 0 aliphatic heterocycles. The fourth-order valence-corrected chi connectivity index (χ4v) is 0.246. The summed E-state index contributed by atoms with van der Waals surface area (Å²) in [4.78, 5) is 0. The number of hydrogen-bond donors (Lipinski definition) is 1. The third kappa shape index (κ3) is 84.1. The van der Waals surface area contributed by atoms with E-state index >= 15 is 0 Å². The molecule has 0 bridgehead atoms. The van der Waals surface area contributed by atoms with Gasteiger partial charge in [0, 0.05) is 6.54 Å². The van der Waals surface area contributed by atoms with Gasteiger partial charge in [-0.1, -0.05) is 47.6 Å². The van der Waals surface area contributed by atoms with E-state index in [4.69, 9.17) is 0 Å². The molecule has 0 amide bonds. The first-order valence-electron chi connectivity index (χ1n) is 4.67. The van der Waals surface area contributed by atoms with Crippen LogP contribution in [0.5, 0.6) is 0 Å². The lowest BCUT2D eigenvalue weighted by atomic mass is 10.5. The topological polar surface area (TPSA) is 12.0 Å². The van der Waals surface area contributed by atoms with Gasteiger partial charge in [0.2, 0.25) is 0 Å². The van der Waals surface area contributed by atoms with Crippen LogP contribution < -0.4 is 5.32 Å². The molecule has 1 heteroatoms. The van der Waals surface area contributed by atoms with Crippen LogP contribution in [0.2, 0.25) is 0 Å². The molecule has 0 radical (unpaired) electrons. The minimum atomic E-state index is 1.05. The summed E-state index contributed by atoms with van der Waals surface area (Å²) in [6.07, 6.45) is 4.13. The standard InChI is InChI=1S/C5H11N.C3H8.C2H6/c1-3-5-6-4-2;1-3-2;1-2/h4,6H,2-3,5H2,1H3;3H2,1-2H3;1-2H3. The lowest BCUT2D eigenvalue weighted by Crippen LogP contribution is -2.03. The van der Waals surface area contributed by atoms with Gasteiger partial charge in [-0.15, -0.1) is 0 Å². The van der Waals surface area contributed by atoms with Gasteiger partial charge in [-0.2, -0.15) is 0 Å². The predicted molar refractivity (Wildman–Crippen MR) is 55.8 cm³/mol. The van der Waals surface area contributed by atoms with Crippen molar-refractivity contribution < 1.29 is 0 Å². The maximum atomic E-state index is 3.49. The van der Waals surface area contributed by atoms with Crippen molar-refractivity contribution in [1.29, 1.82) is 0 Å². The van der Waals surface area contributed by atoms with Crippen molar-refractivity contribution in [2.24, 2.45) is 0 Å². The quantitative estimate of drug-likeness (QED) is 0.621. The molecule has 70 valence electrons. The second-order valence-electron chi connectivity index (χ2n) is 1.87. The Morgan fingerprint density at radius 3 is 1.64 bits per heavy atom. The van der Waals surface area contributed by atoms with Crippen LogP contribution in [0, 0.1) is 0 Å². The first-order valence-corrected chi connectivity index (χ1v) is 4.67. The van der Waals surface area contributed by atoms with E-state index in [1.54, 1.807) is 6.20 Å². The Labute approximate surface area is 72.9 Å². The van der Waals surface area contributed by atoms with Gasteiger partial charge < -0.3 is 5.32 Å². The van der Waals surface area contributed by atoms with Crippen molar-refractivity contribution in [3.05, 3.63) is 12.8 Å². The van der Waals surface area contributed by atoms with Crippen LogP contribution >= 0.6 is 0 Å². The van der Waals surface area contributed by atoms with Crippen LogP contribution in [-0.2, 0) is 0 Å². The Kier molecular flexibility index (Phi) is 51.8. The number of hydrogen-bond acceptors (Lipinski definition) is 1. The van der Waals surface area contributed by atoms with Crippen molar-refractivity contribution in [1.82, 2.24) is 5.32 Å². The normalized spacial score (nSPS) is 6.27. The largest absolute Gasteiger partial charge is 0.391 e. The summed E-state index contributed by atoms with van der Waals surface area (Å²) in [6.45, 7) is 14.9. The molecule has 0 aliphatic carbocycles. The lowest BCUT2D eigenvalue weighted by Gasteiger charge is -1.89. The Morgan fingerprint density at radius 2 is 1.55 bits per heavy atom. The van der Waals surface area contributed by atoms with Gasteiger partial charge in [0.05, 0.1) is 0 Å². The molecule has 0 fully saturated rings. The average Bonchev–Trinajstić information content (AvgIpc) is 2.06. The summed E-state index contributed by atoms with van der Waals surface area (Å²) < 4.78 is 0. The highest BCUT2D eigenvalue weighted by atomic mass is 14.8. The molecule has 0 aromatic carbocycles. The first-order chi connectivity index (χ1) is 5.33. The molecule has 0 aromatic heterocycles. The maximum Gasteiger partial charge on any atom is 0.0138 e. The Morgan fingerprint density at radius 1 is 1.18 bits per heavy atom. The van der Waals surface area contributed by atoms with Crippen LogP contribution in [0.1, 0.15) is 47.5 Å². The minimum absolute atomic E-state index is 1.05. The third-order valence-corrected chi connectivity index (χ3v) is 0.539. The fraction of sp³-hybridized carbons (Fsp3) is 0.800. The van der Waals surface area contributed by atoms with E-state index in [1.807, 2.05) is 13.8 Å². The van der Waals surface area contributed by atoms with Gasteiger partial charge >= 0.3 is 0 Å². The molecule has 0 unspecified atom stereocenters. The Balaban J connectivity index is -0.000000109. The highest BCUT2D eigenvalue weighted by Gasteiger charge is 1.66. The van der Waals surface area contributed by atoms with Gasteiger partial charge in [0.1, 0.15) is 0 Å². The molecule has 0 saturated carbocycles. The molecule has 11 heavy (non-hydrogen) atoms. The summed E-state index contributed by atoms with van der Waals surface area (Å²) in [5, 5.41) is 2.96. The third-order valence-electron chi connectivity index (χ3n) is 0.539. The predicted octanol–water partition coefficient (Wildman–Crippen LogP) is 3.57. The molecule has 0 aromatic rings. The summed E-state index contributed by atoms with van der Waals surface area (Å²) in [5.74, 6) is 0. The van der Waals surface area contributed by atoms with E-state index in [0.717, 1.165) is 6.54 Å². The SMILES string of the molecule is C=CNCCC.CC.CCC. The van der Waals surface area contributed by atoms with Gasteiger partial charge in [0.15, 0.2) is 0 Å². The van der Waals surface area contributed by atoms with Gasteiger partial charge in [-0.25, -0.2) is 0 Å². The van der Waals surface area contributed by atoms with Gasteiger partial charge in [0.25, 0.3) is 0 Å². The average molecular weight is 159 g/mol. The molecule has 0 heterocycles. The van der Waals surface area contributed by atoms with Crippen LogP contribution in [0.25, 0.3) is 0 Å². The van der Waals surface area contributed by atoms with E-state index < -0.39 is 0 Å². The zero-order valence-electron chi connectivity index (χ0n) is 8.91. The fourth-order valence-electron chi connectivity index (χ4n) is 0.246. The molecule has 0 spiro atoms. The number of nitrogens with one attached hydrogen (secondary N) is 1. The van der Waals surface area contributed by atoms with E-state index in [9.17, 15) is 0 Å². The summed E-state index contributed by atoms with van der Waals surface area (Å²) in [6, 6.07) is 0. The van der Waals surface area contributed by atoms with E-state index in [2.05, 4.69) is 32.7 Å². The highest BCUT2D eigenvalue weighted by molar-refractivity contribution is 4.60. The van der Waals surface area contributed by atoms with Crippen molar-refractivity contribution in [2.45, 2.75) is 47.5 Å². The molecule has 1 N–H and O–H groups in total. The monoisotopic (exact) mass is 159 g/mol. The minimum Gasteiger partial charge on any atom is -0.391 e.